The number of rotatable bonds is 7. The summed E-state index contributed by atoms with van der Waals surface area (Å²) in [6.07, 6.45) is -0.0347. The van der Waals surface area contributed by atoms with Gasteiger partial charge in [0.2, 0.25) is 5.91 Å². The lowest BCUT2D eigenvalue weighted by Crippen LogP contribution is -2.62. The van der Waals surface area contributed by atoms with Gasteiger partial charge in [-0.25, -0.2) is 0 Å². The Labute approximate surface area is 136 Å². The van der Waals surface area contributed by atoms with Crippen LogP contribution in [-0.2, 0) is 16.1 Å². The van der Waals surface area contributed by atoms with Gasteiger partial charge in [0.1, 0.15) is 11.5 Å². The average molecular weight is 321 g/mol. The molecule has 1 amide bonds. The molecule has 0 spiro atoms. The maximum atomic E-state index is 12.4. The maximum Gasteiger partial charge on any atom is 0.305 e. The van der Waals surface area contributed by atoms with Gasteiger partial charge in [0, 0.05) is 18.2 Å². The number of methoxy groups -OCH3 is 2. The molecule has 2 atom stereocenters. The molecule has 1 saturated heterocycles. The van der Waals surface area contributed by atoms with E-state index < -0.39 is 5.97 Å². The number of likely N-dealkylation sites (tertiary alicyclic amines) is 1. The summed E-state index contributed by atoms with van der Waals surface area (Å²) in [6.45, 7) is 4.23. The third kappa shape index (κ3) is 3.41. The predicted octanol–water partition coefficient (Wildman–Crippen LogP) is 2.16. The average Bonchev–Trinajstić information content (AvgIpc) is 2.51. The molecule has 0 saturated carbocycles. The first-order chi connectivity index (χ1) is 10.9. The zero-order chi connectivity index (χ0) is 17.1. The first-order valence-corrected chi connectivity index (χ1v) is 7.62. The van der Waals surface area contributed by atoms with Crippen LogP contribution in [0.3, 0.4) is 0 Å². The Morgan fingerprint density at radius 1 is 1.30 bits per heavy atom. The first kappa shape index (κ1) is 17.1. The topological polar surface area (TPSA) is 76.1 Å². The highest BCUT2D eigenvalue weighted by atomic mass is 16.5. The van der Waals surface area contributed by atoms with Crippen LogP contribution < -0.4 is 9.47 Å². The van der Waals surface area contributed by atoms with Crippen LogP contribution in [0.25, 0.3) is 0 Å². The fourth-order valence-electron chi connectivity index (χ4n) is 3.14. The van der Waals surface area contributed by atoms with E-state index in [1.807, 2.05) is 19.9 Å². The molecule has 1 aliphatic heterocycles. The van der Waals surface area contributed by atoms with Crippen LogP contribution in [-0.4, -0.2) is 42.1 Å². The minimum atomic E-state index is -0.889. The summed E-state index contributed by atoms with van der Waals surface area (Å²) in [5.74, 6) is 0.307. The molecular weight excluding hydrogens is 298 g/mol. The van der Waals surface area contributed by atoms with E-state index in [2.05, 4.69) is 0 Å². The second-order valence-electron chi connectivity index (χ2n) is 6.08. The molecule has 0 bridgehead atoms. The van der Waals surface area contributed by atoms with E-state index in [1.165, 1.54) is 0 Å². The maximum absolute atomic E-state index is 12.4. The number of hydrogen-bond donors (Lipinski definition) is 1. The van der Waals surface area contributed by atoms with Gasteiger partial charge in [-0.1, -0.05) is 13.8 Å². The van der Waals surface area contributed by atoms with E-state index in [-0.39, 0.29) is 30.2 Å². The first-order valence-electron chi connectivity index (χ1n) is 7.62. The number of carboxylic acid groups (broad SMARTS) is 1. The van der Waals surface area contributed by atoms with Gasteiger partial charge in [-0.15, -0.1) is 0 Å². The standard InChI is InChI=1S/C17H23NO5/c1-10(2)16-13(8-15(19)20)18(17(16)21)9-11-5-6-12(22-3)7-14(11)23-4/h5-7,10,13,16H,8-9H2,1-4H3,(H,19,20)/t13-,16-/m0/s1. The van der Waals surface area contributed by atoms with Crippen LogP contribution >= 0.6 is 0 Å². The molecule has 1 heterocycles. The molecule has 0 unspecified atom stereocenters. The highest BCUT2D eigenvalue weighted by molar-refractivity contribution is 5.88. The van der Waals surface area contributed by atoms with Crippen molar-refractivity contribution in [3.05, 3.63) is 23.8 Å². The molecule has 126 valence electrons. The Bertz CT molecular complexity index is 599. The number of amides is 1. The number of ether oxygens (including phenoxy) is 2. The SMILES string of the molecule is COc1ccc(CN2C(=O)[C@@H](C(C)C)[C@@H]2CC(=O)O)c(OC)c1. The highest BCUT2D eigenvalue weighted by Gasteiger charge is 2.49. The molecule has 23 heavy (non-hydrogen) atoms. The molecule has 1 aromatic rings. The Morgan fingerprint density at radius 2 is 2.00 bits per heavy atom. The molecule has 1 aliphatic rings. The highest BCUT2D eigenvalue weighted by Crippen LogP contribution is 2.37. The zero-order valence-corrected chi connectivity index (χ0v) is 13.9. The Kier molecular flexibility index (Phi) is 5.13. The largest absolute Gasteiger partial charge is 0.497 e. The fraction of sp³-hybridized carbons (Fsp3) is 0.529. The van der Waals surface area contributed by atoms with Crippen LogP contribution in [0.2, 0.25) is 0 Å². The normalized spacial score (nSPS) is 20.4. The summed E-state index contributed by atoms with van der Waals surface area (Å²) in [5.41, 5.74) is 0.833. The molecule has 0 aliphatic carbocycles. The Balaban J connectivity index is 2.21. The van der Waals surface area contributed by atoms with Gasteiger partial charge in [0.25, 0.3) is 0 Å². The number of benzene rings is 1. The van der Waals surface area contributed by atoms with Gasteiger partial charge in [0.05, 0.1) is 32.6 Å². The van der Waals surface area contributed by atoms with Gasteiger partial charge < -0.3 is 19.5 Å². The van der Waals surface area contributed by atoms with E-state index >= 15 is 0 Å². The van der Waals surface area contributed by atoms with E-state index in [0.29, 0.717) is 18.0 Å². The second-order valence-corrected chi connectivity index (χ2v) is 6.08. The summed E-state index contributed by atoms with van der Waals surface area (Å²) in [4.78, 5) is 25.1. The number of nitrogens with zero attached hydrogens (tertiary/aromatic N) is 1. The van der Waals surface area contributed by atoms with E-state index in [0.717, 1.165) is 5.56 Å². The van der Waals surface area contributed by atoms with Gasteiger partial charge in [0.15, 0.2) is 0 Å². The minimum absolute atomic E-state index is 0.00382. The number of carboxylic acids is 1. The third-order valence-electron chi connectivity index (χ3n) is 4.32. The van der Waals surface area contributed by atoms with Crippen molar-refractivity contribution in [1.29, 1.82) is 0 Å². The van der Waals surface area contributed by atoms with Crippen molar-refractivity contribution in [2.75, 3.05) is 14.2 Å². The van der Waals surface area contributed by atoms with Crippen LogP contribution in [0, 0.1) is 11.8 Å². The van der Waals surface area contributed by atoms with Crippen molar-refractivity contribution in [2.45, 2.75) is 32.9 Å². The summed E-state index contributed by atoms with van der Waals surface area (Å²) in [5, 5.41) is 9.11. The molecule has 0 radical (unpaired) electrons. The summed E-state index contributed by atoms with van der Waals surface area (Å²) >= 11 is 0. The van der Waals surface area contributed by atoms with Gasteiger partial charge in [-0.05, 0) is 18.1 Å². The fourth-order valence-corrected chi connectivity index (χ4v) is 3.14. The molecule has 2 rings (SSSR count). The molecule has 1 fully saturated rings. The molecule has 6 nitrogen and oxygen atoms in total. The van der Waals surface area contributed by atoms with E-state index in [1.54, 1.807) is 31.3 Å². The Hall–Kier alpha value is -2.24. The molecule has 6 heteroatoms. The predicted molar refractivity (Wildman–Crippen MR) is 84.5 cm³/mol. The van der Waals surface area contributed by atoms with Crippen molar-refractivity contribution in [3.8, 4) is 11.5 Å². The quantitative estimate of drug-likeness (QED) is 0.779. The van der Waals surface area contributed by atoms with Crippen molar-refractivity contribution >= 4 is 11.9 Å². The van der Waals surface area contributed by atoms with Gasteiger partial charge in [-0.2, -0.15) is 0 Å². The molecule has 1 aromatic carbocycles. The van der Waals surface area contributed by atoms with Crippen molar-refractivity contribution < 1.29 is 24.2 Å². The Morgan fingerprint density at radius 3 is 2.52 bits per heavy atom. The number of aliphatic carboxylic acids is 1. The molecular formula is C17H23NO5. The van der Waals surface area contributed by atoms with Crippen LogP contribution in [0.5, 0.6) is 11.5 Å². The lowest BCUT2D eigenvalue weighted by atomic mass is 9.77. The van der Waals surface area contributed by atoms with E-state index in [4.69, 9.17) is 14.6 Å². The second kappa shape index (κ2) is 6.89. The number of β-lactam (4-membered cyclic amide) rings is 1. The summed E-state index contributed by atoms with van der Waals surface area (Å²) < 4.78 is 10.5. The molecule has 0 aromatic heterocycles. The number of carbonyl (C=O) groups excluding carboxylic acids is 1. The van der Waals surface area contributed by atoms with E-state index in [9.17, 15) is 9.59 Å². The lowest BCUT2D eigenvalue weighted by molar-refractivity contribution is -0.164. The van der Waals surface area contributed by atoms with Crippen LogP contribution in [0.4, 0.5) is 0 Å². The van der Waals surface area contributed by atoms with Crippen molar-refractivity contribution in [2.24, 2.45) is 11.8 Å². The van der Waals surface area contributed by atoms with Crippen LogP contribution in [0.15, 0.2) is 18.2 Å². The van der Waals surface area contributed by atoms with Gasteiger partial charge in [-0.3, -0.25) is 9.59 Å². The van der Waals surface area contributed by atoms with Gasteiger partial charge >= 0.3 is 5.97 Å². The minimum Gasteiger partial charge on any atom is -0.497 e. The third-order valence-corrected chi connectivity index (χ3v) is 4.32. The summed E-state index contributed by atoms with van der Waals surface area (Å²) in [6, 6.07) is 5.12. The number of hydrogen-bond acceptors (Lipinski definition) is 4. The van der Waals surface area contributed by atoms with Crippen molar-refractivity contribution in [3.63, 3.8) is 0 Å². The van der Waals surface area contributed by atoms with Crippen molar-refractivity contribution in [1.82, 2.24) is 4.90 Å². The summed E-state index contributed by atoms with van der Waals surface area (Å²) in [7, 11) is 3.13. The van der Waals surface area contributed by atoms with Crippen LogP contribution in [0.1, 0.15) is 25.8 Å². The molecule has 1 N–H and O–H groups in total. The lowest BCUT2D eigenvalue weighted by Gasteiger charge is -2.48. The smallest absolute Gasteiger partial charge is 0.305 e. The number of carbonyl (C=O) groups is 2. The zero-order valence-electron chi connectivity index (χ0n) is 13.9. The monoisotopic (exact) mass is 321 g/mol.